The van der Waals surface area contributed by atoms with Crippen LogP contribution in [0.1, 0.15) is 0 Å². The molecule has 0 atom stereocenters. The van der Waals surface area contributed by atoms with Gasteiger partial charge in [-0.15, -0.1) is 0 Å². The standard InChI is InChI=1S/C6H3BrF2N/c7-4-1-3(8)2-5(9)6(4)10/h1-2,10H. The number of nitrogens with one attached hydrogen (secondary N) is 1. The number of halogens is 3. The van der Waals surface area contributed by atoms with Crippen LogP contribution in [-0.4, -0.2) is 0 Å². The van der Waals surface area contributed by atoms with Crippen LogP contribution in [0.25, 0.3) is 0 Å². The van der Waals surface area contributed by atoms with Gasteiger partial charge in [-0.1, -0.05) is 0 Å². The van der Waals surface area contributed by atoms with E-state index in [9.17, 15) is 8.78 Å². The minimum atomic E-state index is -0.855. The summed E-state index contributed by atoms with van der Waals surface area (Å²) in [5, 5.41) is 0. The van der Waals surface area contributed by atoms with Crippen molar-refractivity contribution < 1.29 is 8.78 Å². The van der Waals surface area contributed by atoms with E-state index in [1.807, 2.05) is 0 Å². The summed E-state index contributed by atoms with van der Waals surface area (Å²) in [7, 11) is 0. The van der Waals surface area contributed by atoms with Gasteiger partial charge in [0.25, 0.3) is 0 Å². The first-order chi connectivity index (χ1) is 4.61. The van der Waals surface area contributed by atoms with E-state index >= 15 is 0 Å². The molecule has 1 rings (SSSR count). The van der Waals surface area contributed by atoms with Crippen LogP contribution in [0.5, 0.6) is 0 Å². The average Bonchev–Trinajstić information content (AvgIpc) is 1.82. The van der Waals surface area contributed by atoms with Gasteiger partial charge in [-0.3, -0.25) is 5.73 Å². The van der Waals surface area contributed by atoms with E-state index in [4.69, 9.17) is 5.73 Å². The lowest BCUT2D eigenvalue weighted by Gasteiger charge is -1.96. The van der Waals surface area contributed by atoms with E-state index in [-0.39, 0.29) is 10.2 Å². The average molecular weight is 207 g/mol. The maximum atomic E-state index is 12.4. The molecule has 0 amide bonds. The maximum absolute atomic E-state index is 12.4. The minimum absolute atomic E-state index is 0.130. The normalized spacial score (nSPS) is 9.90. The Morgan fingerprint density at radius 1 is 1.30 bits per heavy atom. The van der Waals surface area contributed by atoms with Gasteiger partial charge in [-0.2, -0.15) is 0 Å². The van der Waals surface area contributed by atoms with Crippen LogP contribution in [-0.2, 0) is 0 Å². The summed E-state index contributed by atoms with van der Waals surface area (Å²) in [5.74, 6) is -1.53. The Morgan fingerprint density at radius 2 is 1.90 bits per heavy atom. The van der Waals surface area contributed by atoms with Crippen molar-refractivity contribution in [2.45, 2.75) is 0 Å². The fraction of sp³-hybridized carbons (Fsp3) is 0. The summed E-state index contributed by atoms with van der Waals surface area (Å²) in [6.45, 7) is 0. The van der Waals surface area contributed by atoms with Gasteiger partial charge >= 0.3 is 0 Å². The van der Waals surface area contributed by atoms with Crippen molar-refractivity contribution in [3.63, 3.8) is 0 Å². The summed E-state index contributed by atoms with van der Waals surface area (Å²) in [6.07, 6.45) is 0. The van der Waals surface area contributed by atoms with Gasteiger partial charge in [0, 0.05) is 10.5 Å². The largest absolute Gasteiger partial charge is 0.297 e. The first-order valence-electron chi connectivity index (χ1n) is 2.47. The molecule has 1 N–H and O–H groups in total. The molecule has 0 fully saturated rings. The zero-order chi connectivity index (χ0) is 7.72. The molecule has 0 saturated heterocycles. The van der Waals surface area contributed by atoms with Crippen LogP contribution >= 0.6 is 15.9 Å². The van der Waals surface area contributed by atoms with Crippen molar-refractivity contribution in [1.82, 2.24) is 5.73 Å². The molecule has 0 spiro atoms. The van der Waals surface area contributed by atoms with Gasteiger partial charge in [-0.25, -0.2) is 8.78 Å². The number of rotatable bonds is 0. The van der Waals surface area contributed by atoms with Crippen molar-refractivity contribution in [2.75, 3.05) is 0 Å². The van der Waals surface area contributed by atoms with Crippen LogP contribution < -0.4 is 5.73 Å². The Hall–Kier alpha value is -0.640. The van der Waals surface area contributed by atoms with Crippen LogP contribution in [0.3, 0.4) is 0 Å². The highest BCUT2D eigenvalue weighted by molar-refractivity contribution is 9.10. The smallest absolute Gasteiger partial charge is 0.152 e. The summed E-state index contributed by atoms with van der Waals surface area (Å²) < 4.78 is 24.8. The molecule has 0 aliphatic carbocycles. The van der Waals surface area contributed by atoms with Crippen LogP contribution in [0.15, 0.2) is 16.6 Å². The van der Waals surface area contributed by atoms with Crippen molar-refractivity contribution in [1.29, 1.82) is 0 Å². The molecule has 0 aliphatic heterocycles. The molecule has 53 valence electrons. The maximum Gasteiger partial charge on any atom is 0.152 e. The van der Waals surface area contributed by atoms with Crippen molar-refractivity contribution >= 4 is 21.6 Å². The zero-order valence-electron chi connectivity index (χ0n) is 4.79. The van der Waals surface area contributed by atoms with Crippen LogP contribution in [0.2, 0.25) is 0 Å². The van der Waals surface area contributed by atoms with E-state index in [1.54, 1.807) is 0 Å². The molecule has 0 saturated carbocycles. The third-order valence-corrected chi connectivity index (χ3v) is 1.63. The second-order valence-corrected chi connectivity index (χ2v) is 2.60. The monoisotopic (exact) mass is 206 g/mol. The van der Waals surface area contributed by atoms with E-state index < -0.39 is 11.6 Å². The lowest BCUT2D eigenvalue weighted by atomic mass is 10.3. The van der Waals surface area contributed by atoms with E-state index in [1.165, 1.54) is 0 Å². The Kier molecular flexibility index (Phi) is 1.89. The molecule has 1 nitrogen and oxygen atoms in total. The third-order valence-electron chi connectivity index (χ3n) is 1.01. The predicted molar refractivity (Wildman–Crippen MR) is 36.8 cm³/mol. The molecule has 10 heavy (non-hydrogen) atoms. The van der Waals surface area contributed by atoms with Gasteiger partial charge in [0.05, 0.1) is 0 Å². The van der Waals surface area contributed by atoms with Crippen LogP contribution in [0.4, 0.5) is 14.5 Å². The third kappa shape index (κ3) is 1.26. The molecule has 0 bridgehead atoms. The quantitative estimate of drug-likeness (QED) is 0.624. The SMILES string of the molecule is [NH]c1c(F)cc(F)cc1Br. The van der Waals surface area contributed by atoms with Crippen LogP contribution in [0, 0.1) is 11.6 Å². The molecule has 1 aromatic carbocycles. The number of hydrogen-bond acceptors (Lipinski definition) is 0. The van der Waals surface area contributed by atoms with E-state index in [0.717, 1.165) is 6.07 Å². The van der Waals surface area contributed by atoms with E-state index in [0.29, 0.717) is 6.07 Å². The fourth-order valence-corrected chi connectivity index (χ4v) is 0.950. The van der Waals surface area contributed by atoms with Gasteiger partial charge < -0.3 is 0 Å². The van der Waals surface area contributed by atoms with Gasteiger partial charge in [-0.05, 0) is 22.0 Å². The Labute approximate surface area is 65.0 Å². The van der Waals surface area contributed by atoms with Crippen molar-refractivity contribution in [2.24, 2.45) is 0 Å². The first-order valence-corrected chi connectivity index (χ1v) is 3.26. The molecular weight excluding hydrogens is 204 g/mol. The van der Waals surface area contributed by atoms with Crippen molar-refractivity contribution in [3.8, 4) is 0 Å². The second-order valence-electron chi connectivity index (χ2n) is 1.74. The Balaban J connectivity index is 3.31. The highest BCUT2D eigenvalue weighted by atomic mass is 79.9. The zero-order valence-corrected chi connectivity index (χ0v) is 6.37. The lowest BCUT2D eigenvalue weighted by Crippen LogP contribution is -1.83. The molecule has 4 heteroatoms. The Bertz CT molecular complexity index is 239. The highest BCUT2D eigenvalue weighted by Crippen LogP contribution is 2.24. The lowest BCUT2D eigenvalue weighted by molar-refractivity contribution is 0.582. The van der Waals surface area contributed by atoms with E-state index in [2.05, 4.69) is 15.9 Å². The summed E-state index contributed by atoms with van der Waals surface area (Å²) in [6, 6.07) is 1.72. The second kappa shape index (κ2) is 2.54. The first kappa shape index (κ1) is 7.47. The summed E-state index contributed by atoms with van der Waals surface area (Å²) >= 11 is 2.83. The number of hydrogen-bond donors (Lipinski definition) is 0. The topological polar surface area (TPSA) is 23.8 Å². The highest BCUT2D eigenvalue weighted by Gasteiger charge is 2.04. The fourth-order valence-electron chi connectivity index (χ4n) is 0.542. The minimum Gasteiger partial charge on any atom is -0.297 e. The number of benzene rings is 1. The molecule has 1 aromatic rings. The van der Waals surface area contributed by atoms with Gasteiger partial charge in [0.2, 0.25) is 0 Å². The summed E-state index contributed by atoms with van der Waals surface area (Å²) in [5.41, 5.74) is 6.63. The van der Waals surface area contributed by atoms with Gasteiger partial charge in [0.1, 0.15) is 11.5 Å². The summed E-state index contributed by atoms with van der Waals surface area (Å²) in [4.78, 5) is 0. The Morgan fingerprint density at radius 3 is 2.40 bits per heavy atom. The molecular formula is C6H3BrF2N. The molecule has 1 radical (unpaired) electrons. The predicted octanol–water partition coefficient (Wildman–Crippen LogP) is 2.64. The molecule has 0 unspecified atom stereocenters. The van der Waals surface area contributed by atoms with Gasteiger partial charge in [0.15, 0.2) is 5.82 Å². The molecule has 0 heterocycles. The molecule has 0 aromatic heterocycles. The van der Waals surface area contributed by atoms with Crippen molar-refractivity contribution in [3.05, 3.63) is 28.2 Å². The molecule has 0 aliphatic rings.